The molecule has 0 aliphatic heterocycles. The van der Waals surface area contributed by atoms with E-state index < -0.39 is 4.92 Å². The van der Waals surface area contributed by atoms with Crippen LogP contribution in [0.3, 0.4) is 0 Å². The summed E-state index contributed by atoms with van der Waals surface area (Å²) in [5.41, 5.74) is 7.08. The third kappa shape index (κ3) is 5.92. The number of benzene rings is 1. The Morgan fingerprint density at radius 1 is 1.18 bits per heavy atom. The summed E-state index contributed by atoms with van der Waals surface area (Å²) in [5.74, 6) is -0.0873. The smallest absolute Gasteiger partial charge is 0.311 e. The van der Waals surface area contributed by atoms with Gasteiger partial charge in [-0.25, -0.2) is 4.98 Å². The predicted molar refractivity (Wildman–Crippen MR) is 128 cm³/mol. The van der Waals surface area contributed by atoms with Gasteiger partial charge >= 0.3 is 5.69 Å². The summed E-state index contributed by atoms with van der Waals surface area (Å²) < 4.78 is 1.80. The van der Waals surface area contributed by atoms with Crippen molar-refractivity contribution in [2.24, 2.45) is 0 Å². The first kappa shape index (κ1) is 24.3. The SMILES string of the molecule is Nc1nc(NCCCn2ccc(-c3ccc(Cl)cc3Cl)c2C(=O)NCCO)ccc1[N+](=O)[O-]. The van der Waals surface area contributed by atoms with Gasteiger partial charge in [-0.1, -0.05) is 29.3 Å². The molecule has 1 aromatic carbocycles. The van der Waals surface area contributed by atoms with Crippen LogP contribution in [0, 0.1) is 10.1 Å². The molecule has 2 aromatic heterocycles. The molecule has 0 bridgehead atoms. The first-order chi connectivity index (χ1) is 15.8. The average Bonchev–Trinajstić information content (AvgIpc) is 3.18. The second-order valence-electron chi connectivity index (χ2n) is 7.01. The molecule has 0 fully saturated rings. The minimum atomic E-state index is -0.591. The van der Waals surface area contributed by atoms with Gasteiger partial charge in [-0.3, -0.25) is 14.9 Å². The van der Waals surface area contributed by atoms with E-state index in [4.69, 9.17) is 34.0 Å². The van der Waals surface area contributed by atoms with Crippen molar-refractivity contribution in [3.8, 4) is 11.1 Å². The number of rotatable bonds is 10. The van der Waals surface area contributed by atoms with Crippen molar-refractivity contribution in [2.45, 2.75) is 13.0 Å². The molecular formula is C21H22Cl2N6O4. The van der Waals surface area contributed by atoms with E-state index in [0.717, 1.165) is 0 Å². The Balaban J connectivity index is 1.74. The fraction of sp³-hybridized carbons (Fsp3) is 0.238. The molecule has 5 N–H and O–H groups in total. The number of carbonyl (C=O) groups is 1. The summed E-state index contributed by atoms with van der Waals surface area (Å²) in [6.07, 6.45) is 2.40. The number of hydrogen-bond donors (Lipinski definition) is 4. The van der Waals surface area contributed by atoms with Crippen molar-refractivity contribution in [1.82, 2.24) is 14.9 Å². The van der Waals surface area contributed by atoms with Crippen LogP contribution in [0.15, 0.2) is 42.6 Å². The third-order valence-electron chi connectivity index (χ3n) is 4.78. The third-order valence-corrected chi connectivity index (χ3v) is 5.33. The zero-order valence-corrected chi connectivity index (χ0v) is 18.9. The molecule has 33 heavy (non-hydrogen) atoms. The molecule has 0 aliphatic carbocycles. The summed E-state index contributed by atoms with van der Waals surface area (Å²) in [5, 5.41) is 26.6. The Hall–Kier alpha value is -3.34. The Labute approximate surface area is 199 Å². The number of amides is 1. The van der Waals surface area contributed by atoms with Crippen LogP contribution in [-0.2, 0) is 6.54 Å². The van der Waals surface area contributed by atoms with Crippen LogP contribution in [0.2, 0.25) is 10.0 Å². The molecule has 174 valence electrons. The van der Waals surface area contributed by atoms with E-state index >= 15 is 0 Å². The normalized spacial score (nSPS) is 10.8. The number of nitrogens with one attached hydrogen (secondary N) is 2. The number of carbonyl (C=O) groups excluding carboxylic acids is 1. The maximum absolute atomic E-state index is 12.8. The average molecular weight is 493 g/mol. The molecule has 3 aromatic rings. The number of halogens is 2. The van der Waals surface area contributed by atoms with Gasteiger partial charge in [0.05, 0.1) is 11.5 Å². The highest BCUT2D eigenvalue weighted by molar-refractivity contribution is 6.36. The second kappa shape index (κ2) is 11.0. The van der Waals surface area contributed by atoms with Gasteiger partial charge in [0.2, 0.25) is 5.82 Å². The van der Waals surface area contributed by atoms with Gasteiger partial charge in [-0.05, 0) is 30.7 Å². The number of aliphatic hydroxyl groups excluding tert-OH is 1. The standard InChI is InChI=1S/C21H22Cl2N6O4/c22-13-2-3-14(16(23)12-13)15-6-10-28(19(15)21(31)26-8-11-30)9-1-7-25-18-5-4-17(29(32)33)20(24)27-18/h2-6,10,12,30H,1,7-9,11H2,(H,26,31)(H3,24,25,27). The van der Waals surface area contributed by atoms with Crippen LogP contribution in [0.25, 0.3) is 11.1 Å². The molecule has 3 rings (SSSR count). The van der Waals surface area contributed by atoms with E-state index in [9.17, 15) is 14.9 Å². The quantitative estimate of drug-likeness (QED) is 0.192. The highest BCUT2D eigenvalue weighted by atomic mass is 35.5. The number of pyridine rings is 1. The van der Waals surface area contributed by atoms with Gasteiger partial charge in [0.1, 0.15) is 11.5 Å². The summed E-state index contributed by atoms with van der Waals surface area (Å²) in [6, 6.07) is 9.63. The monoisotopic (exact) mass is 492 g/mol. The van der Waals surface area contributed by atoms with Crippen molar-refractivity contribution in [2.75, 3.05) is 30.7 Å². The first-order valence-corrected chi connectivity index (χ1v) is 10.8. The molecule has 1 amide bonds. The van der Waals surface area contributed by atoms with Crippen LogP contribution >= 0.6 is 23.2 Å². The lowest BCUT2D eigenvalue weighted by Gasteiger charge is -2.13. The van der Waals surface area contributed by atoms with E-state index in [1.54, 1.807) is 35.0 Å². The number of nitro groups is 1. The van der Waals surface area contributed by atoms with Crippen molar-refractivity contribution in [3.63, 3.8) is 0 Å². The van der Waals surface area contributed by atoms with Gasteiger partial charge < -0.3 is 26.0 Å². The topological polar surface area (TPSA) is 148 Å². The van der Waals surface area contributed by atoms with E-state index in [-0.39, 0.29) is 30.6 Å². The number of nitrogen functional groups attached to an aromatic ring is 1. The van der Waals surface area contributed by atoms with E-state index in [2.05, 4.69) is 15.6 Å². The molecule has 12 heteroatoms. The zero-order chi connectivity index (χ0) is 24.0. The van der Waals surface area contributed by atoms with Crippen LogP contribution in [0.5, 0.6) is 0 Å². The Morgan fingerprint density at radius 2 is 1.97 bits per heavy atom. The number of hydrogen-bond acceptors (Lipinski definition) is 7. The highest BCUT2D eigenvalue weighted by Crippen LogP contribution is 2.33. The van der Waals surface area contributed by atoms with Gasteiger partial charge in [0, 0.05) is 53.1 Å². The number of aromatic nitrogens is 2. The highest BCUT2D eigenvalue weighted by Gasteiger charge is 2.20. The van der Waals surface area contributed by atoms with Crippen molar-refractivity contribution >= 4 is 46.4 Å². The van der Waals surface area contributed by atoms with E-state index in [1.807, 2.05) is 0 Å². The lowest BCUT2D eigenvalue weighted by molar-refractivity contribution is -0.384. The van der Waals surface area contributed by atoms with Crippen LogP contribution in [0.4, 0.5) is 17.3 Å². The largest absolute Gasteiger partial charge is 0.395 e. The Morgan fingerprint density at radius 3 is 2.64 bits per heavy atom. The second-order valence-corrected chi connectivity index (χ2v) is 7.86. The van der Waals surface area contributed by atoms with Gasteiger partial charge in [0.15, 0.2) is 0 Å². The molecular weight excluding hydrogens is 471 g/mol. The number of aryl methyl sites for hydroxylation is 1. The minimum Gasteiger partial charge on any atom is -0.395 e. The lowest BCUT2D eigenvalue weighted by Crippen LogP contribution is -2.29. The number of nitrogens with two attached hydrogens (primary N) is 1. The van der Waals surface area contributed by atoms with Crippen molar-refractivity contribution < 1.29 is 14.8 Å². The van der Waals surface area contributed by atoms with Crippen molar-refractivity contribution in [3.05, 3.63) is 68.4 Å². The number of anilines is 2. The minimum absolute atomic E-state index is 0.118. The van der Waals surface area contributed by atoms with Crippen LogP contribution < -0.4 is 16.4 Å². The molecule has 2 heterocycles. The zero-order valence-electron chi connectivity index (χ0n) is 17.4. The van der Waals surface area contributed by atoms with Crippen LogP contribution in [-0.4, -0.2) is 45.2 Å². The Bertz CT molecular complexity index is 1170. The van der Waals surface area contributed by atoms with Gasteiger partial charge in [-0.2, -0.15) is 0 Å². The number of nitrogens with zero attached hydrogens (tertiary/aromatic N) is 3. The maximum atomic E-state index is 12.8. The molecule has 0 saturated heterocycles. The summed E-state index contributed by atoms with van der Waals surface area (Å²) >= 11 is 12.4. The maximum Gasteiger partial charge on any atom is 0.311 e. The molecule has 0 radical (unpaired) electrons. The summed E-state index contributed by atoms with van der Waals surface area (Å²) in [7, 11) is 0. The Kier molecular flexibility index (Phi) is 8.10. The van der Waals surface area contributed by atoms with E-state index in [0.29, 0.717) is 52.2 Å². The van der Waals surface area contributed by atoms with Gasteiger partial charge in [-0.15, -0.1) is 0 Å². The molecule has 0 aliphatic rings. The van der Waals surface area contributed by atoms with E-state index in [1.165, 1.54) is 12.1 Å². The van der Waals surface area contributed by atoms with Gasteiger partial charge in [0.25, 0.3) is 5.91 Å². The summed E-state index contributed by atoms with van der Waals surface area (Å²) in [4.78, 5) is 27.1. The van der Waals surface area contributed by atoms with Crippen LogP contribution in [0.1, 0.15) is 16.9 Å². The first-order valence-electron chi connectivity index (χ1n) is 10.00. The predicted octanol–water partition coefficient (Wildman–Crippen LogP) is 3.57. The number of aliphatic hydroxyl groups is 1. The molecule has 0 spiro atoms. The molecule has 0 atom stereocenters. The fourth-order valence-corrected chi connectivity index (χ4v) is 3.79. The molecule has 0 unspecified atom stereocenters. The lowest BCUT2D eigenvalue weighted by atomic mass is 10.1. The fourth-order valence-electron chi connectivity index (χ4n) is 3.28. The molecule has 0 saturated carbocycles. The summed E-state index contributed by atoms with van der Waals surface area (Å²) in [6.45, 7) is 0.908. The van der Waals surface area contributed by atoms with Crippen molar-refractivity contribution in [1.29, 1.82) is 0 Å². The molecule has 10 nitrogen and oxygen atoms in total.